The summed E-state index contributed by atoms with van der Waals surface area (Å²) in [7, 11) is 0. The van der Waals surface area contributed by atoms with Gasteiger partial charge in [0.2, 0.25) is 0 Å². The number of carbonyl (C=O) groups excluding carboxylic acids is 4. The van der Waals surface area contributed by atoms with Crippen molar-refractivity contribution in [2.75, 3.05) is 0 Å². The van der Waals surface area contributed by atoms with Gasteiger partial charge in [-0.15, -0.1) is 0 Å². The van der Waals surface area contributed by atoms with Crippen LogP contribution in [0.25, 0.3) is 0 Å². The summed E-state index contributed by atoms with van der Waals surface area (Å²) in [5.74, 6) is 9.44. The lowest BCUT2D eigenvalue weighted by atomic mass is 10.5. The molecule has 0 aliphatic carbocycles. The number of hydrazone groups is 2. The van der Waals surface area contributed by atoms with Gasteiger partial charge < -0.3 is 37.9 Å². The van der Waals surface area contributed by atoms with E-state index >= 15 is 0 Å². The van der Waals surface area contributed by atoms with Crippen LogP contribution in [0.3, 0.4) is 0 Å². The van der Waals surface area contributed by atoms with Crippen LogP contribution in [0.2, 0.25) is 0 Å². The smallest absolute Gasteiger partial charge is 0.332 e. The monoisotopic (exact) mass is 528 g/mol. The highest BCUT2D eigenvalue weighted by Gasteiger charge is 1.83. The molecule has 16 N–H and O–H groups in total. The molecule has 0 aromatic rings. The van der Waals surface area contributed by atoms with E-state index in [-0.39, 0.29) is 21.8 Å². The maximum atomic E-state index is 9.91. The van der Waals surface area contributed by atoms with Gasteiger partial charge in [0.1, 0.15) is 11.6 Å². The van der Waals surface area contributed by atoms with Gasteiger partial charge in [-0.25, -0.2) is 26.7 Å². The first-order chi connectivity index (χ1) is 15.3. The number of hydrazine groups is 2. The fourth-order valence-corrected chi connectivity index (χ4v) is 0.379. The van der Waals surface area contributed by atoms with Crippen LogP contribution in [0, 0.1) is 0 Å². The highest BCUT2D eigenvalue weighted by atomic mass is 32.1. The molecule has 0 aromatic heterocycles. The average molecular weight is 529 g/mol. The highest BCUT2D eigenvalue weighted by molar-refractivity contribution is 7.80. The van der Waals surface area contributed by atoms with Gasteiger partial charge in [0.15, 0.2) is 10.2 Å². The molecule has 0 aliphatic rings. The zero-order valence-corrected chi connectivity index (χ0v) is 22.4. The van der Waals surface area contributed by atoms with Crippen LogP contribution in [0.4, 0.5) is 9.59 Å². The normalized spacial score (nSPS) is 7.12. The second-order valence-corrected chi connectivity index (χ2v) is 6.78. The van der Waals surface area contributed by atoms with Gasteiger partial charge >= 0.3 is 12.1 Å². The maximum Gasteiger partial charge on any atom is 0.332 e. The summed E-state index contributed by atoms with van der Waals surface area (Å²) in [5.41, 5.74) is 28.8. The van der Waals surface area contributed by atoms with Crippen molar-refractivity contribution >= 4 is 69.7 Å². The largest absolute Gasteiger partial charge is 0.375 e. The van der Waals surface area contributed by atoms with Crippen molar-refractivity contribution in [3.8, 4) is 0 Å². The third-order valence-corrected chi connectivity index (χ3v) is 1.27. The van der Waals surface area contributed by atoms with E-state index in [0.29, 0.717) is 0 Å². The number of hydrogen-bond acceptors (Lipinski definition) is 10. The van der Waals surface area contributed by atoms with Gasteiger partial charge in [-0.1, -0.05) is 0 Å². The number of hydrogen-bond donors (Lipinski definition) is 10. The van der Waals surface area contributed by atoms with E-state index in [2.05, 4.69) is 68.6 Å². The molecular weight excluding hydrogens is 488 g/mol. The Hall–Kier alpha value is -3.48. The van der Waals surface area contributed by atoms with E-state index in [9.17, 15) is 19.2 Å². The minimum absolute atomic E-state index is 0.116. The van der Waals surface area contributed by atoms with Gasteiger partial charge in [-0.2, -0.15) is 10.2 Å². The number of nitrogens with one attached hydrogen (secondary N) is 4. The Morgan fingerprint density at radius 2 is 0.794 bits per heavy atom. The molecule has 0 spiro atoms. The Bertz CT molecular complexity index is 598. The van der Waals surface area contributed by atoms with Crippen LogP contribution in [-0.4, -0.2) is 45.3 Å². The van der Waals surface area contributed by atoms with Crippen LogP contribution < -0.4 is 56.3 Å². The lowest BCUT2D eigenvalue weighted by molar-refractivity contribution is -0.115. The molecule has 0 saturated carbocycles. The summed E-state index contributed by atoms with van der Waals surface area (Å²) in [4.78, 5) is 38.2. The van der Waals surface area contributed by atoms with Crippen molar-refractivity contribution in [2.45, 2.75) is 55.4 Å². The number of rotatable bonds is 2. The Balaban J connectivity index is -0.0000000710. The van der Waals surface area contributed by atoms with Gasteiger partial charge in [-0.3, -0.25) is 10.9 Å². The van der Waals surface area contributed by atoms with Crippen molar-refractivity contribution in [1.29, 1.82) is 0 Å². The molecule has 0 rings (SSSR count). The second kappa shape index (κ2) is 34.1. The van der Waals surface area contributed by atoms with Crippen molar-refractivity contribution in [1.82, 2.24) is 21.7 Å². The van der Waals surface area contributed by atoms with E-state index in [0.717, 1.165) is 11.4 Å². The predicted molar refractivity (Wildman–Crippen MR) is 144 cm³/mol. The maximum absolute atomic E-state index is 9.91. The number of thiocarbonyl (C=S) groups is 2. The molecule has 0 atom stereocenters. The fourth-order valence-electron chi connectivity index (χ4n) is 0.334. The van der Waals surface area contributed by atoms with E-state index in [1.54, 1.807) is 19.3 Å². The molecule has 0 aliphatic heterocycles. The van der Waals surface area contributed by atoms with Crippen LogP contribution >= 0.6 is 24.4 Å². The molecule has 0 bridgehead atoms. The number of carbonyl (C=O) groups is 4. The third kappa shape index (κ3) is 195. The first kappa shape index (κ1) is 44.2. The second-order valence-electron chi connectivity index (χ2n) is 5.90. The molecule has 4 amide bonds. The Labute approximate surface area is 211 Å². The summed E-state index contributed by atoms with van der Waals surface area (Å²) in [6.07, 6.45) is 0. The van der Waals surface area contributed by atoms with Crippen LogP contribution in [0.15, 0.2) is 10.2 Å². The molecule has 0 fully saturated rings. The molecule has 0 saturated heterocycles. The number of primary amides is 2. The summed E-state index contributed by atoms with van der Waals surface area (Å²) < 4.78 is 0. The van der Waals surface area contributed by atoms with Crippen LogP contribution in [0.5, 0.6) is 0 Å². The van der Waals surface area contributed by atoms with Gasteiger partial charge in [0, 0.05) is 11.4 Å². The molecule has 34 heavy (non-hydrogen) atoms. The number of nitrogens with two attached hydrogens (primary N) is 6. The Morgan fingerprint density at radius 1 is 0.559 bits per heavy atom. The Morgan fingerprint density at radius 3 is 0.853 bits per heavy atom. The number of amides is 4. The molecule has 200 valence electrons. The number of urea groups is 2. The predicted octanol–water partition coefficient (Wildman–Crippen LogP) is -1.32. The SMILES string of the molecule is CC(C)=NNC(N)=O.CC(C)=NNC(N)=S.CC(C)=O.CC(C)=O.NNC(N)=O.NNC(N)=S. The average Bonchev–Trinajstić information content (AvgIpc) is 2.65. The zero-order chi connectivity index (χ0) is 28.9. The number of nitrogens with zero attached hydrogens (tertiary/aromatic N) is 2. The van der Waals surface area contributed by atoms with Crippen molar-refractivity contribution in [2.24, 2.45) is 44.8 Å². The van der Waals surface area contributed by atoms with Gasteiger partial charge in [0.05, 0.1) is 0 Å². The van der Waals surface area contributed by atoms with Crippen molar-refractivity contribution < 1.29 is 19.2 Å². The quantitative estimate of drug-likeness (QED) is 0.0655. The molecule has 0 aromatic carbocycles. The minimum atomic E-state index is -0.718. The van der Waals surface area contributed by atoms with E-state index < -0.39 is 12.1 Å². The molecule has 18 heteroatoms. The fraction of sp³-hybridized carbons (Fsp3) is 0.500. The van der Waals surface area contributed by atoms with Crippen molar-refractivity contribution in [3.63, 3.8) is 0 Å². The van der Waals surface area contributed by atoms with E-state index in [4.69, 9.17) is 11.5 Å². The third-order valence-electron chi connectivity index (χ3n) is 1.06. The topological polar surface area (TPSA) is 297 Å². The number of ketones is 2. The first-order valence-corrected chi connectivity index (χ1v) is 9.67. The van der Waals surface area contributed by atoms with Gasteiger partial charge in [-0.05, 0) is 79.8 Å². The first-order valence-electron chi connectivity index (χ1n) is 8.85. The molecule has 0 radical (unpaired) electrons. The summed E-state index contributed by atoms with van der Waals surface area (Å²) in [6.45, 7) is 13.3. The summed E-state index contributed by atoms with van der Waals surface area (Å²) in [5, 5.41) is 7.56. The van der Waals surface area contributed by atoms with Gasteiger partial charge in [0.25, 0.3) is 0 Å². The highest BCUT2D eigenvalue weighted by Crippen LogP contribution is 1.68. The number of Topliss-reactive ketones (excluding diaryl/α,β-unsaturated/α-hetero) is 2. The van der Waals surface area contributed by atoms with E-state index in [1.807, 2.05) is 19.3 Å². The Kier molecular flexibility index (Phi) is 44.4. The summed E-state index contributed by atoms with van der Waals surface area (Å²) in [6, 6.07) is -1.35. The van der Waals surface area contributed by atoms with Crippen molar-refractivity contribution in [3.05, 3.63) is 0 Å². The van der Waals surface area contributed by atoms with Crippen LogP contribution in [0.1, 0.15) is 55.4 Å². The van der Waals surface area contributed by atoms with Crippen LogP contribution in [-0.2, 0) is 9.59 Å². The summed E-state index contributed by atoms with van der Waals surface area (Å²) >= 11 is 8.71. The minimum Gasteiger partial charge on any atom is -0.375 e. The van der Waals surface area contributed by atoms with E-state index in [1.165, 1.54) is 27.7 Å². The zero-order valence-electron chi connectivity index (χ0n) is 20.8. The molecule has 16 nitrogen and oxygen atoms in total. The molecular formula is C16H40N12O4S2. The standard InChI is InChI=1S/C4H9N3O.C4H9N3S.2C3H6O.CH5N3O.CH5N3S/c2*1-3(2)6-7-4(5)8;2*1-3(2)4;2*2-1(5)4-3/h2*1-2H3,(H3,5,7,8);2*1-2H3;2*3H2,(H3,2,4,5). The molecule has 0 heterocycles. The molecule has 0 unspecified atom stereocenters. The lowest BCUT2D eigenvalue weighted by Gasteiger charge is -1.93. The lowest BCUT2D eigenvalue weighted by Crippen LogP contribution is -2.34.